The van der Waals surface area contributed by atoms with Gasteiger partial charge in [-0.1, -0.05) is 12.1 Å². The molecule has 26 heavy (non-hydrogen) atoms. The molecule has 1 heterocycles. The van der Waals surface area contributed by atoms with Crippen LogP contribution in [-0.4, -0.2) is 54.7 Å². The molecule has 0 saturated carbocycles. The molecule has 1 aromatic heterocycles. The third-order valence-electron chi connectivity index (χ3n) is 4.05. The number of aryl methyl sites for hydroxylation is 1. The van der Waals surface area contributed by atoms with Crippen LogP contribution in [0.2, 0.25) is 0 Å². The molecular weight excluding hydrogens is 335 g/mol. The summed E-state index contributed by atoms with van der Waals surface area (Å²) in [4.78, 5) is 13.6. The van der Waals surface area contributed by atoms with Crippen molar-refractivity contribution >= 4 is 11.7 Å². The van der Waals surface area contributed by atoms with E-state index < -0.39 is 0 Å². The zero-order valence-corrected chi connectivity index (χ0v) is 15.3. The minimum atomic E-state index is -0.302. The van der Waals surface area contributed by atoms with Gasteiger partial charge in [0.15, 0.2) is 5.69 Å². The zero-order chi connectivity index (χ0) is 19.1. The number of rotatable bonds is 8. The normalized spacial score (nSPS) is 12.1. The minimum Gasteiger partial charge on any atom is -0.360 e. The molecule has 4 N–H and O–H groups in total. The predicted molar refractivity (Wildman–Crippen MR) is 99.5 cm³/mol. The molecule has 2 aromatic rings. The second-order valence-electron chi connectivity index (χ2n) is 6.14. The Morgan fingerprint density at radius 1 is 1.31 bits per heavy atom. The molecule has 0 bridgehead atoms. The maximum absolute atomic E-state index is 14.0. The number of carbonyl (C=O) groups is 1. The quantitative estimate of drug-likeness (QED) is 0.657. The second kappa shape index (κ2) is 9.21. The third-order valence-corrected chi connectivity index (χ3v) is 4.05. The molecule has 1 aromatic carbocycles. The molecule has 0 aliphatic carbocycles. The fourth-order valence-electron chi connectivity index (χ4n) is 2.52. The van der Waals surface area contributed by atoms with E-state index in [9.17, 15) is 9.18 Å². The number of aromatic nitrogens is 2. The molecule has 7 nitrogen and oxygen atoms in total. The van der Waals surface area contributed by atoms with Crippen LogP contribution in [0.25, 0.3) is 0 Å². The number of hydrogen-bond acceptors (Lipinski definition) is 6. The number of halogens is 1. The molecule has 8 heteroatoms. The van der Waals surface area contributed by atoms with Gasteiger partial charge in [0.25, 0.3) is 5.91 Å². The second-order valence-corrected chi connectivity index (χ2v) is 6.14. The molecule has 0 saturated heterocycles. The van der Waals surface area contributed by atoms with E-state index in [-0.39, 0.29) is 23.5 Å². The highest BCUT2D eigenvalue weighted by Gasteiger charge is 2.16. The van der Waals surface area contributed by atoms with E-state index in [1.54, 1.807) is 25.1 Å². The van der Waals surface area contributed by atoms with Crippen LogP contribution >= 0.6 is 0 Å². The lowest BCUT2D eigenvalue weighted by Crippen LogP contribution is -2.32. The van der Waals surface area contributed by atoms with Crippen LogP contribution in [0.3, 0.4) is 0 Å². The summed E-state index contributed by atoms with van der Waals surface area (Å²) >= 11 is 0. The number of nitrogens with one attached hydrogen (secondary N) is 2. The molecule has 0 radical (unpaired) electrons. The maximum Gasteiger partial charge on any atom is 0.271 e. The van der Waals surface area contributed by atoms with E-state index in [2.05, 4.69) is 25.7 Å². The molecule has 0 fully saturated rings. The van der Waals surface area contributed by atoms with Gasteiger partial charge in [-0.25, -0.2) is 4.39 Å². The van der Waals surface area contributed by atoms with Crippen molar-refractivity contribution in [2.24, 2.45) is 5.73 Å². The number of likely N-dealkylation sites (N-methyl/N-ethyl adjacent to an activating group) is 1. The summed E-state index contributed by atoms with van der Waals surface area (Å²) in [5.41, 5.74) is 7.24. The molecule has 2 rings (SSSR count). The Balaban J connectivity index is 2.22. The largest absolute Gasteiger partial charge is 0.360 e. The molecular formula is C18H25FN6O. The van der Waals surface area contributed by atoms with E-state index in [1.165, 1.54) is 13.1 Å². The van der Waals surface area contributed by atoms with Gasteiger partial charge >= 0.3 is 0 Å². The van der Waals surface area contributed by atoms with Crippen molar-refractivity contribution in [1.29, 1.82) is 0 Å². The summed E-state index contributed by atoms with van der Waals surface area (Å²) in [6.45, 7) is 3.59. The Morgan fingerprint density at radius 2 is 2.08 bits per heavy atom. The van der Waals surface area contributed by atoms with Crippen LogP contribution in [0.4, 0.5) is 10.2 Å². The summed E-state index contributed by atoms with van der Waals surface area (Å²) in [6.07, 6.45) is 0. The average Bonchev–Trinajstić information content (AvgIpc) is 2.63. The van der Waals surface area contributed by atoms with Crippen molar-refractivity contribution in [1.82, 2.24) is 20.4 Å². The molecule has 140 valence electrons. The van der Waals surface area contributed by atoms with Crippen LogP contribution < -0.4 is 16.4 Å². The van der Waals surface area contributed by atoms with Gasteiger partial charge in [-0.2, -0.15) is 0 Å². The predicted octanol–water partition coefficient (Wildman–Crippen LogP) is 1.33. The zero-order valence-electron chi connectivity index (χ0n) is 15.3. The number of nitrogens with two attached hydrogens (primary N) is 1. The smallest absolute Gasteiger partial charge is 0.271 e. The highest BCUT2D eigenvalue weighted by Crippen LogP contribution is 2.21. The third kappa shape index (κ3) is 5.21. The van der Waals surface area contributed by atoms with Crippen molar-refractivity contribution in [3.05, 3.63) is 53.0 Å². The van der Waals surface area contributed by atoms with E-state index in [1.807, 2.05) is 13.1 Å². The number of carbonyl (C=O) groups excluding carboxylic acids is 1. The number of nitrogens with zero attached hydrogens (tertiary/aromatic N) is 3. The van der Waals surface area contributed by atoms with Gasteiger partial charge < -0.3 is 21.3 Å². The van der Waals surface area contributed by atoms with Crippen molar-refractivity contribution in [3.63, 3.8) is 0 Å². The fraction of sp³-hybridized carbons (Fsp3) is 0.389. The summed E-state index contributed by atoms with van der Waals surface area (Å²) in [7, 11) is 3.48. The van der Waals surface area contributed by atoms with E-state index in [0.29, 0.717) is 31.0 Å². The maximum atomic E-state index is 14.0. The number of benzene rings is 1. The molecule has 1 unspecified atom stereocenters. The summed E-state index contributed by atoms with van der Waals surface area (Å²) in [5, 5.41) is 13.7. The monoisotopic (exact) mass is 360 g/mol. The van der Waals surface area contributed by atoms with Gasteiger partial charge in [-0.15, -0.1) is 10.2 Å². The van der Waals surface area contributed by atoms with E-state index >= 15 is 0 Å². The van der Waals surface area contributed by atoms with Gasteiger partial charge in [0, 0.05) is 26.7 Å². The lowest BCUT2D eigenvalue weighted by atomic mass is 10.0. The van der Waals surface area contributed by atoms with Crippen LogP contribution in [0.5, 0.6) is 0 Å². The molecule has 1 atom stereocenters. The van der Waals surface area contributed by atoms with Crippen LogP contribution in [0, 0.1) is 12.7 Å². The number of anilines is 1. The Kier molecular flexibility index (Phi) is 6.99. The lowest BCUT2D eigenvalue weighted by Gasteiger charge is -2.25. The molecule has 0 aliphatic heterocycles. The Morgan fingerprint density at radius 3 is 2.65 bits per heavy atom. The molecule has 1 amide bonds. The minimum absolute atomic E-state index is 0.207. The summed E-state index contributed by atoms with van der Waals surface area (Å²) < 4.78 is 14.0. The highest BCUT2D eigenvalue weighted by atomic mass is 19.1. The first kappa shape index (κ1) is 19.7. The SMILES string of the molecule is CNC(=O)c1ccc(NC(CN(C)CCN)c2ccc(C)c(F)c2)nn1. The topological polar surface area (TPSA) is 96.2 Å². The lowest BCUT2D eigenvalue weighted by molar-refractivity contribution is 0.0957. The first-order valence-corrected chi connectivity index (χ1v) is 8.41. The number of amides is 1. The van der Waals surface area contributed by atoms with Crippen LogP contribution in [-0.2, 0) is 0 Å². The fourth-order valence-corrected chi connectivity index (χ4v) is 2.52. The van der Waals surface area contributed by atoms with E-state index in [4.69, 9.17) is 5.73 Å². The summed E-state index contributed by atoms with van der Waals surface area (Å²) in [6, 6.07) is 8.22. The Hall–Kier alpha value is -2.58. The van der Waals surface area contributed by atoms with Gasteiger partial charge in [-0.3, -0.25) is 4.79 Å². The number of hydrogen-bond donors (Lipinski definition) is 3. The Labute approximate surface area is 152 Å². The van der Waals surface area contributed by atoms with Crippen LogP contribution in [0.1, 0.15) is 27.7 Å². The van der Waals surface area contributed by atoms with Gasteiger partial charge in [0.1, 0.15) is 11.6 Å². The molecule has 0 spiro atoms. The van der Waals surface area contributed by atoms with E-state index in [0.717, 1.165) is 5.56 Å². The molecule has 0 aliphatic rings. The highest BCUT2D eigenvalue weighted by molar-refractivity contribution is 5.91. The van der Waals surface area contributed by atoms with Crippen LogP contribution in [0.15, 0.2) is 30.3 Å². The van der Waals surface area contributed by atoms with Crippen molar-refractivity contribution in [2.45, 2.75) is 13.0 Å². The first-order valence-electron chi connectivity index (χ1n) is 8.41. The summed E-state index contributed by atoms with van der Waals surface area (Å²) in [5.74, 6) is -0.0505. The van der Waals surface area contributed by atoms with Crippen molar-refractivity contribution in [2.75, 3.05) is 39.0 Å². The Bertz CT molecular complexity index is 737. The van der Waals surface area contributed by atoms with Crippen molar-refractivity contribution in [3.8, 4) is 0 Å². The first-order chi connectivity index (χ1) is 12.4. The standard InChI is InChI=1S/C18H25FN6O/c1-12-4-5-13(10-14(12)19)16(11-25(3)9-8-20)22-17-7-6-15(23-24-17)18(26)21-2/h4-7,10,16H,8-9,11,20H2,1-3H3,(H,21,26)(H,22,24). The van der Waals surface area contributed by atoms with Crippen molar-refractivity contribution < 1.29 is 9.18 Å². The van der Waals surface area contributed by atoms with Gasteiger partial charge in [-0.05, 0) is 43.3 Å². The van der Waals surface area contributed by atoms with Gasteiger partial charge in [0.05, 0.1) is 6.04 Å². The average molecular weight is 360 g/mol. The van der Waals surface area contributed by atoms with Gasteiger partial charge in [0.2, 0.25) is 0 Å².